The summed E-state index contributed by atoms with van der Waals surface area (Å²) in [5, 5.41) is 11.4. The minimum atomic E-state index is -0.851. The lowest BCUT2D eigenvalue weighted by Crippen LogP contribution is -2.32. The first kappa shape index (κ1) is 24.4. The molecule has 0 spiro atoms. The number of aliphatic hydroxyl groups is 1. The Morgan fingerprint density at radius 3 is 2.49 bits per heavy atom. The van der Waals surface area contributed by atoms with Crippen LogP contribution < -0.4 is 18.9 Å². The maximum absolute atomic E-state index is 13.3. The zero-order chi connectivity index (χ0) is 25.1. The summed E-state index contributed by atoms with van der Waals surface area (Å²) in [6, 6.07) is 9.27. The van der Waals surface area contributed by atoms with E-state index >= 15 is 0 Å². The molecule has 2 aromatic carbocycles. The van der Waals surface area contributed by atoms with Crippen molar-refractivity contribution in [1.82, 2.24) is 9.80 Å². The molecule has 0 bridgehead atoms. The fourth-order valence-corrected chi connectivity index (χ4v) is 4.39. The highest BCUT2D eigenvalue weighted by Crippen LogP contribution is 2.44. The monoisotopic (exact) mass is 482 g/mol. The first-order valence-corrected chi connectivity index (χ1v) is 11.4. The Labute approximate surface area is 204 Å². The smallest absolute Gasteiger partial charge is 0.295 e. The maximum atomic E-state index is 13.3. The molecule has 186 valence electrons. The molecule has 1 N–H and O–H groups in total. The van der Waals surface area contributed by atoms with Crippen LogP contribution in [0.5, 0.6) is 23.0 Å². The average Bonchev–Trinajstić information content (AvgIpc) is 3.12. The molecule has 9 heteroatoms. The molecule has 1 atom stereocenters. The van der Waals surface area contributed by atoms with Gasteiger partial charge in [-0.2, -0.15) is 0 Å². The molecule has 1 amide bonds. The largest absolute Gasteiger partial charge is 0.507 e. The van der Waals surface area contributed by atoms with E-state index in [1.54, 1.807) is 36.4 Å². The van der Waals surface area contributed by atoms with Gasteiger partial charge in [0, 0.05) is 17.7 Å². The lowest BCUT2D eigenvalue weighted by Gasteiger charge is -2.27. The van der Waals surface area contributed by atoms with Crippen LogP contribution in [0.2, 0.25) is 0 Å². The van der Waals surface area contributed by atoms with Crippen molar-refractivity contribution in [3.8, 4) is 23.0 Å². The lowest BCUT2D eigenvalue weighted by atomic mass is 9.94. The van der Waals surface area contributed by atoms with Gasteiger partial charge in [-0.25, -0.2) is 0 Å². The average molecular weight is 483 g/mol. The molecule has 0 radical (unpaired) electrons. The predicted octanol–water partition coefficient (Wildman–Crippen LogP) is 2.85. The van der Waals surface area contributed by atoms with Gasteiger partial charge in [-0.1, -0.05) is 0 Å². The molecular weight excluding hydrogens is 452 g/mol. The lowest BCUT2D eigenvalue weighted by molar-refractivity contribution is -0.140. The summed E-state index contributed by atoms with van der Waals surface area (Å²) in [5.41, 5.74) is 0.894. The van der Waals surface area contributed by atoms with E-state index in [0.717, 1.165) is 6.54 Å². The quantitative estimate of drug-likeness (QED) is 0.349. The molecule has 2 aliphatic rings. The summed E-state index contributed by atoms with van der Waals surface area (Å²) in [5.74, 6) is 0.335. The minimum absolute atomic E-state index is 0.0110. The highest BCUT2D eigenvalue weighted by molar-refractivity contribution is 6.46. The van der Waals surface area contributed by atoms with E-state index in [9.17, 15) is 14.7 Å². The molecule has 35 heavy (non-hydrogen) atoms. The van der Waals surface area contributed by atoms with Crippen LogP contribution in [0.4, 0.5) is 0 Å². The number of ether oxygens (including phenoxy) is 4. The molecule has 1 fully saturated rings. The van der Waals surface area contributed by atoms with Crippen molar-refractivity contribution in [2.24, 2.45) is 0 Å². The van der Waals surface area contributed by atoms with Crippen LogP contribution in [-0.4, -0.2) is 81.2 Å². The third-order valence-electron chi connectivity index (χ3n) is 6.09. The van der Waals surface area contributed by atoms with Crippen molar-refractivity contribution < 1.29 is 33.6 Å². The number of hydrogen-bond acceptors (Lipinski definition) is 8. The number of Topliss-reactive ketones (excluding diaryl/α,β-unsaturated/α-hetero) is 1. The fraction of sp³-hybridized carbons (Fsp3) is 0.385. The van der Waals surface area contributed by atoms with Gasteiger partial charge in [0.15, 0.2) is 11.5 Å². The highest BCUT2D eigenvalue weighted by Gasteiger charge is 2.47. The van der Waals surface area contributed by atoms with Gasteiger partial charge >= 0.3 is 0 Å². The van der Waals surface area contributed by atoms with Crippen molar-refractivity contribution in [1.29, 1.82) is 0 Å². The number of nitrogens with zero attached hydrogens (tertiary/aromatic N) is 2. The van der Waals surface area contributed by atoms with Crippen LogP contribution in [-0.2, 0) is 9.59 Å². The molecule has 2 aromatic rings. The second-order valence-electron chi connectivity index (χ2n) is 8.62. The number of rotatable bonds is 8. The number of benzene rings is 2. The predicted molar refractivity (Wildman–Crippen MR) is 129 cm³/mol. The van der Waals surface area contributed by atoms with Gasteiger partial charge in [-0.05, 0) is 63.5 Å². The van der Waals surface area contributed by atoms with E-state index in [4.69, 9.17) is 18.9 Å². The second-order valence-corrected chi connectivity index (χ2v) is 8.62. The van der Waals surface area contributed by atoms with E-state index in [0.29, 0.717) is 60.3 Å². The van der Waals surface area contributed by atoms with Gasteiger partial charge in [-0.15, -0.1) is 0 Å². The maximum Gasteiger partial charge on any atom is 0.295 e. The van der Waals surface area contributed by atoms with Crippen LogP contribution in [0.25, 0.3) is 5.76 Å². The number of amides is 1. The molecule has 1 saturated heterocycles. The highest BCUT2D eigenvalue weighted by atomic mass is 16.6. The zero-order valence-electron chi connectivity index (χ0n) is 20.4. The Morgan fingerprint density at radius 2 is 1.80 bits per heavy atom. The molecule has 2 aliphatic heterocycles. The molecule has 0 unspecified atom stereocenters. The van der Waals surface area contributed by atoms with Crippen molar-refractivity contribution in [3.63, 3.8) is 0 Å². The van der Waals surface area contributed by atoms with Crippen LogP contribution in [0.3, 0.4) is 0 Å². The standard InChI is InChI=1S/C26H30N2O7/c1-27(2)10-5-11-28-23(18-15-17(32-3)7-9-19(18)33-4)22(25(30)26(28)31)24(29)16-6-8-20-21(14-16)35-13-12-34-20/h6-9,14-15,23,29H,5,10-13H2,1-4H3/b24-22+/t23-/m0/s1. The van der Waals surface area contributed by atoms with E-state index in [2.05, 4.69) is 0 Å². The van der Waals surface area contributed by atoms with Gasteiger partial charge in [0.2, 0.25) is 0 Å². The summed E-state index contributed by atoms with van der Waals surface area (Å²) >= 11 is 0. The fourth-order valence-electron chi connectivity index (χ4n) is 4.39. The van der Waals surface area contributed by atoms with Crippen molar-refractivity contribution >= 4 is 17.4 Å². The molecule has 0 saturated carbocycles. The first-order valence-electron chi connectivity index (χ1n) is 11.4. The molecule has 4 rings (SSSR count). The van der Waals surface area contributed by atoms with Crippen LogP contribution >= 0.6 is 0 Å². The van der Waals surface area contributed by atoms with Crippen molar-refractivity contribution in [2.75, 3.05) is 54.6 Å². The van der Waals surface area contributed by atoms with Crippen molar-refractivity contribution in [3.05, 3.63) is 53.1 Å². The number of aliphatic hydroxyl groups excluding tert-OH is 1. The summed E-state index contributed by atoms with van der Waals surface area (Å²) in [6.45, 7) is 1.87. The Balaban J connectivity index is 1.85. The van der Waals surface area contributed by atoms with E-state index in [1.165, 1.54) is 19.1 Å². The Hall–Kier alpha value is -3.72. The topological polar surface area (TPSA) is 97.8 Å². The van der Waals surface area contributed by atoms with Crippen molar-refractivity contribution in [2.45, 2.75) is 12.5 Å². The minimum Gasteiger partial charge on any atom is -0.507 e. The third kappa shape index (κ3) is 4.77. The molecular formula is C26H30N2O7. The number of ketones is 1. The molecule has 0 aromatic heterocycles. The summed E-state index contributed by atoms with van der Waals surface area (Å²) in [4.78, 5) is 30.0. The first-order chi connectivity index (χ1) is 16.8. The number of hydrogen-bond donors (Lipinski definition) is 1. The zero-order valence-corrected chi connectivity index (χ0v) is 20.4. The summed E-state index contributed by atoms with van der Waals surface area (Å²) in [6.07, 6.45) is 0.646. The number of methoxy groups -OCH3 is 2. The molecule has 0 aliphatic carbocycles. The van der Waals surface area contributed by atoms with E-state index in [1.807, 2.05) is 19.0 Å². The Bertz CT molecular complexity index is 1160. The van der Waals surface area contributed by atoms with Crippen LogP contribution in [0, 0.1) is 0 Å². The van der Waals surface area contributed by atoms with Crippen LogP contribution in [0.15, 0.2) is 42.0 Å². The van der Waals surface area contributed by atoms with Gasteiger partial charge in [0.1, 0.15) is 30.5 Å². The van der Waals surface area contributed by atoms with Gasteiger partial charge in [0.05, 0.1) is 25.8 Å². The second kappa shape index (κ2) is 10.3. The summed E-state index contributed by atoms with van der Waals surface area (Å²) < 4.78 is 22.2. The molecule has 2 heterocycles. The number of likely N-dealkylation sites (tertiary alicyclic amines) is 1. The van der Waals surface area contributed by atoms with Gasteiger partial charge < -0.3 is 33.9 Å². The number of carbonyl (C=O) groups is 2. The number of carbonyl (C=O) groups excluding carboxylic acids is 2. The SMILES string of the molecule is COc1ccc(OC)c([C@H]2/C(=C(\O)c3ccc4c(c3)OCCO4)C(=O)C(=O)N2CCCN(C)C)c1. The summed E-state index contributed by atoms with van der Waals surface area (Å²) in [7, 11) is 6.94. The Kier molecular flexibility index (Phi) is 7.16. The normalized spacial score (nSPS) is 18.8. The van der Waals surface area contributed by atoms with Crippen LogP contribution in [0.1, 0.15) is 23.6 Å². The number of fused-ring (bicyclic) bond motifs is 1. The van der Waals surface area contributed by atoms with E-state index in [-0.39, 0.29) is 11.3 Å². The van der Waals surface area contributed by atoms with Gasteiger partial charge in [0.25, 0.3) is 11.7 Å². The third-order valence-corrected chi connectivity index (χ3v) is 6.09. The Morgan fingerprint density at radius 1 is 1.06 bits per heavy atom. The molecule has 9 nitrogen and oxygen atoms in total. The van der Waals surface area contributed by atoms with E-state index < -0.39 is 17.7 Å². The van der Waals surface area contributed by atoms with Gasteiger partial charge in [-0.3, -0.25) is 9.59 Å².